The number of H-pyrrole nitrogens is 1. The molecule has 0 aliphatic heterocycles. The van der Waals surface area contributed by atoms with E-state index in [1.807, 2.05) is 0 Å². The summed E-state index contributed by atoms with van der Waals surface area (Å²) in [4.78, 5) is 0.0362. The fourth-order valence-electron chi connectivity index (χ4n) is 1.18. The number of halogens is 2. The summed E-state index contributed by atoms with van der Waals surface area (Å²) < 4.78 is 31.3. The van der Waals surface area contributed by atoms with Gasteiger partial charge in [-0.05, 0) is 12.2 Å². The molecule has 0 aliphatic rings. The molecule has 0 atom stereocenters. The first-order valence-corrected chi connectivity index (χ1v) is 4.36. The van der Waals surface area contributed by atoms with E-state index in [1.165, 1.54) is 17.9 Å². The minimum atomic E-state index is -2.68. The van der Waals surface area contributed by atoms with Crippen LogP contribution in [0.3, 0.4) is 0 Å². The third-order valence-electron chi connectivity index (χ3n) is 1.73. The molecular weight excluding hydrogens is 226 g/mol. The number of alkyl halides is 2. The maximum atomic E-state index is 12.6. The smallest absolute Gasteiger partial charge is 0.284 e. The molecule has 0 saturated carbocycles. The zero-order chi connectivity index (χ0) is 11.0. The summed E-state index contributed by atoms with van der Waals surface area (Å²) in [6, 6.07) is 0. The molecule has 2 rings (SSSR count). The van der Waals surface area contributed by atoms with E-state index in [9.17, 15) is 8.78 Å². The van der Waals surface area contributed by atoms with Crippen LogP contribution in [0.4, 0.5) is 8.78 Å². The molecule has 0 saturated heterocycles. The highest BCUT2D eigenvalue weighted by Crippen LogP contribution is 2.28. The van der Waals surface area contributed by atoms with Gasteiger partial charge >= 0.3 is 0 Å². The quantitative estimate of drug-likeness (QED) is 0.805. The van der Waals surface area contributed by atoms with Gasteiger partial charge in [0.15, 0.2) is 0 Å². The number of aromatic nitrogens is 4. The summed E-state index contributed by atoms with van der Waals surface area (Å²) in [6.45, 7) is 0. The van der Waals surface area contributed by atoms with Gasteiger partial charge in [-0.3, -0.25) is 4.68 Å². The number of aromatic amines is 1. The van der Waals surface area contributed by atoms with Gasteiger partial charge in [-0.2, -0.15) is 5.10 Å². The van der Waals surface area contributed by atoms with Crippen LogP contribution in [-0.4, -0.2) is 20.0 Å². The zero-order valence-corrected chi connectivity index (χ0v) is 8.39. The average molecular weight is 232 g/mol. The topological polar surface area (TPSA) is 59.6 Å². The molecule has 0 unspecified atom stereocenters. The van der Waals surface area contributed by atoms with Crippen LogP contribution in [0.5, 0.6) is 0 Å². The van der Waals surface area contributed by atoms with Gasteiger partial charge in [-0.15, -0.1) is 5.10 Å². The normalized spacial score (nSPS) is 11.2. The molecule has 0 fully saturated rings. The predicted octanol–water partition coefficient (Wildman–Crippen LogP) is 2.07. The highest BCUT2D eigenvalue weighted by molar-refractivity contribution is 7.71. The number of hydrogen-bond acceptors (Lipinski definition) is 4. The van der Waals surface area contributed by atoms with Crippen LogP contribution in [-0.2, 0) is 7.05 Å². The second-order valence-electron chi connectivity index (χ2n) is 2.82. The van der Waals surface area contributed by atoms with E-state index >= 15 is 0 Å². The highest BCUT2D eigenvalue weighted by Gasteiger charge is 2.21. The molecule has 8 heteroatoms. The molecule has 1 N–H and O–H groups in total. The van der Waals surface area contributed by atoms with Crippen molar-refractivity contribution in [2.24, 2.45) is 7.05 Å². The summed E-state index contributed by atoms with van der Waals surface area (Å²) in [7, 11) is 1.54. The molecule has 0 radical (unpaired) electrons. The first-order chi connectivity index (χ1) is 7.08. The van der Waals surface area contributed by atoms with Crippen molar-refractivity contribution in [3.05, 3.63) is 16.7 Å². The maximum absolute atomic E-state index is 12.6. The third-order valence-corrected chi connectivity index (χ3v) is 1.91. The van der Waals surface area contributed by atoms with Crippen LogP contribution < -0.4 is 0 Å². The van der Waals surface area contributed by atoms with Crippen molar-refractivity contribution in [2.75, 3.05) is 0 Å². The Balaban J connectivity index is 2.56. The Bertz CT molecular complexity index is 529. The van der Waals surface area contributed by atoms with E-state index < -0.39 is 6.43 Å². The molecule has 2 aromatic heterocycles. The van der Waals surface area contributed by atoms with Crippen molar-refractivity contribution in [1.82, 2.24) is 20.0 Å². The highest BCUT2D eigenvalue weighted by atomic mass is 32.1. The van der Waals surface area contributed by atoms with Gasteiger partial charge in [-0.25, -0.2) is 13.9 Å². The first kappa shape index (κ1) is 9.97. The Morgan fingerprint density at radius 1 is 1.60 bits per heavy atom. The Hall–Kier alpha value is -1.57. The molecule has 0 aromatic carbocycles. The zero-order valence-electron chi connectivity index (χ0n) is 7.57. The summed E-state index contributed by atoms with van der Waals surface area (Å²) in [6.07, 6.45) is -1.28. The molecule has 2 aromatic rings. The Kier molecular flexibility index (Phi) is 2.35. The second kappa shape index (κ2) is 3.54. The van der Waals surface area contributed by atoms with Crippen molar-refractivity contribution in [3.8, 4) is 11.5 Å². The third kappa shape index (κ3) is 1.80. The summed E-state index contributed by atoms with van der Waals surface area (Å²) in [5.41, 5.74) is -0.234. The van der Waals surface area contributed by atoms with Crippen LogP contribution in [0, 0.1) is 4.84 Å². The minimum Gasteiger partial charge on any atom is -0.409 e. The molecule has 5 nitrogen and oxygen atoms in total. The lowest BCUT2D eigenvalue weighted by Gasteiger charge is -1.94. The number of nitrogens with one attached hydrogen (secondary N) is 1. The minimum absolute atomic E-state index is 0.0170. The summed E-state index contributed by atoms with van der Waals surface area (Å²) >= 11 is 4.65. The molecule has 2 heterocycles. The summed E-state index contributed by atoms with van der Waals surface area (Å²) in [5, 5.41) is 9.63. The van der Waals surface area contributed by atoms with Crippen molar-refractivity contribution < 1.29 is 13.2 Å². The van der Waals surface area contributed by atoms with E-state index in [2.05, 4.69) is 27.5 Å². The fourth-order valence-corrected chi connectivity index (χ4v) is 1.30. The largest absolute Gasteiger partial charge is 0.409 e. The Morgan fingerprint density at radius 2 is 2.33 bits per heavy atom. The lowest BCUT2D eigenvalue weighted by Crippen LogP contribution is -1.91. The van der Waals surface area contributed by atoms with Gasteiger partial charge in [0.2, 0.25) is 5.89 Å². The van der Waals surface area contributed by atoms with E-state index in [0.717, 1.165) is 0 Å². The van der Waals surface area contributed by atoms with Gasteiger partial charge < -0.3 is 4.42 Å². The standard InChI is InChI=1S/C7H6F2N4OS/c1-13-2-3(4(12-13)5(8)9)6-10-11-7(15)14-6/h2,5H,1H3,(H,11,15). The van der Waals surface area contributed by atoms with E-state index in [4.69, 9.17) is 4.42 Å². The monoisotopic (exact) mass is 232 g/mol. The number of nitrogens with zero attached hydrogens (tertiary/aromatic N) is 3. The number of rotatable bonds is 2. The first-order valence-electron chi connectivity index (χ1n) is 3.95. The Labute approximate surface area is 87.7 Å². The van der Waals surface area contributed by atoms with Gasteiger partial charge in [-0.1, -0.05) is 0 Å². The van der Waals surface area contributed by atoms with Crippen molar-refractivity contribution in [2.45, 2.75) is 6.43 Å². The maximum Gasteiger partial charge on any atom is 0.284 e. The molecule has 0 aliphatic carbocycles. The van der Waals surface area contributed by atoms with Crippen molar-refractivity contribution in [3.63, 3.8) is 0 Å². The van der Waals surface area contributed by atoms with Gasteiger partial charge in [0.05, 0.1) is 5.56 Å². The van der Waals surface area contributed by atoms with Crippen LogP contribution in [0.25, 0.3) is 11.5 Å². The number of hydrogen-bond donors (Lipinski definition) is 1. The van der Waals surface area contributed by atoms with Gasteiger partial charge in [0.1, 0.15) is 5.69 Å². The lowest BCUT2D eigenvalue weighted by atomic mass is 10.2. The molecule has 0 amide bonds. The fraction of sp³-hybridized carbons (Fsp3) is 0.286. The van der Waals surface area contributed by atoms with Crippen molar-refractivity contribution in [1.29, 1.82) is 0 Å². The van der Waals surface area contributed by atoms with E-state index in [1.54, 1.807) is 0 Å². The van der Waals surface area contributed by atoms with Gasteiger partial charge in [0.25, 0.3) is 11.3 Å². The summed E-state index contributed by atoms with van der Waals surface area (Å²) in [5.74, 6) is 0.0170. The average Bonchev–Trinajstić information content (AvgIpc) is 2.71. The lowest BCUT2D eigenvalue weighted by molar-refractivity contribution is 0.145. The molecular formula is C7H6F2N4OS. The number of aryl methyl sites for hydroxylation is 1. The van der Waals surface area contributed by atoms with E-state index in [0.29, 0.717) is 0 Å². The predicted molar refractivity (Wildman–Crippen MR) is 48.8 cm³/mol. The van der Waals surface area contributed by atoms with Crippen LogP contribution in [0.2, 0.25) is 0 Å². The van der Waals surface area contributed by atoms with Crippen molar-refractivity contribution >= 4 is 12.2 Å². The second-order valence-corrected chi connectivity index (χ2v) is 3.19. The SMILES string of the molecule is Cn1cc(-c2n[nH]c(=S)o2)c(C(F)F)n1. The molecule has 80 valence electrons. The van der Waals surface area contributed by atoms with Gasteiger partial charge in [0, 0.05) is 13.2 Å². The van der Waals surface area contributed by atoms with Crippen LogP contribution in [0.15, 0.2) is 10.6 Å². The van der Waals surface area contributed by atoms with Crippen LogP contribution >= 0.6 is 12.2 Å². The Morgan fingerprint density at radius 3 is 2.87 bits per heavy atom. The van der Waals surface area contributed by atoms with E-state index in [-0.39, 0.29) is 22.0 Å². The molecule has 0 bridgehead atoms. The molecule has 0 spiro atoms. The van der Waals surface area contributed by atoms with Crippen LogP contribution in [0.1, 0.15) is 12.1 Å². The molecule has 15 heavy (non-hydrogen) atoms.